The van der Waals surface area contributed by atoms with Gasteiger partial charge in [0.05, 0.1) is 13.1 Å². The minimum Gasteiger partial charge on any atom is -0.0622 e. The highest BCUT2D eigenvalue weighted by Crippen LogP contribution is 2.30. The number of hydrogen-bond donors (Lipinski definition) is 0. The van der Waals surface area contributed by atoms with Crippen LogP contribution in [0.4, 0.5) is 0 Å². The third-order valence-corrected chi connectivity index (χ3v) is 7.28. The van der Waals surface area contributed by atoms with Crippen LogP contribution in [-0.4, -0.2) is 0 Å². The van der Waals surface area contributed by atoms with E-state index in [0.29, 0.717) is 0 Å². The Morgan fingerprint density at radius 3 is 1.24 bits per heavy atom. The molecule has 0 saturated heterocycles. The van der Waals surface area contributed by atoms with Gasteiger partial charge in [-0.05, 0) is 45.7 Å². The van der Waals surface area contributed by atoms with Crippen molar-refractivity contribution in [2.45, 2.75) is 0 Å². The van der Waals surface area contributed by atoms with E-state index in [9.17, 15) is 0 Å². The molecule has 2 aromatic carbocycles. The predicted molar refractivity (Wildman–Crippen MR) is 88.0 cm³/mol. The van der Waals surface area contributed by atoms with Crippen LogP contribution in [0.5, 0.6) is 0 Å². The molecule has 0 aliphatic heterocycles. The van der Waals surface area contributed by atoms with Crippen molar-refractivity contribution < 1.29 is 0 Å². The Kier molecular flexibility index (Phi) is 8.60. The molecule has 0 heterocycles. The van der Waals surface area contributed by atoms with E-state index in [1.165, 1.54) is 22.1 Å². The number of benzene rings is 2. The van der Waals surface area contributed by atoms with Gasteiger partial charge in [0.2, 0.25) is 0 Å². The molecule has 0 saturated carbocycles. The summed E-state index contributed by atoms with van der Waals surface area (Å²) < 4.78 is 0. The molecule has 0 amide bonds. The molecule has 0 radical (unpaired) electrons. The first kappa shape index (κ1) is 14.9. The maximum Gasteiger partial charge on any atom is 0.0533 e. The van der Waals surface area contributed by atoms with Crippen LogP contribution in [0.1, 0.15) is 0 Å². The number of hydrogen-bond acceptors (Lipinski definition) is 3. The molecular weight excluding hydrogens is 302 g/mol. The second-order valence-electron chi connectivity index (χ2n) is 2.96. The summed E-state index contributed by atoms with van der Waals surface area (Å²) in [6.07, 6.45) is 0. The molecule has 0 nitrogen and oxygen atoms in total. The molecule has 5 heteroatoms. The normalized spacial score (nSPS) is 9.65. The van der Waals surface area contributed by atoms with Crippen molar-refractivity contribution in [1.82, 2.24) is 0 Å². The van der Waals surface area contributed by atoms with Crippen molar-refractivity contribution in [1.29, 1.82) is 0 Å². The molecule has 0 fully saturated rings. The maximum absolute atomic E-state index is 4.51. The first-order valence-corrected chi connectivity index (χ1v) is 10.6. The largest absolute Gasteiger partial charge is 0.0622 e. The van der Waals surface area contributed by atoms with Gasteiger partial charge < -0.3 is 0 Å². The van der Waals surface area contributed by atoms with Crippen LogP contribution in [0.3, 0.4) is 0 Å². The van der Waals surface area contributed by atoms with Gasteiger partial charge in [-0.3, -0.25) is 0 Å². The molecule has 17 heavy (non-hydrogen) atoms. The van der Waals surface area contributed by atoms with Gasteiger partial charge >= 0.3 is 0 Å². The van der Waals surface area contributed by atoms with Crippen molar-refractivity contribution in [3.8, 4) is 11.1 Å². The van der Waals surface area contributed by atoms with Crippen LogP contribution in [0.25, 0.3) is 11.1 Å². The zero-order valence-electron chi connectivity index (χ0n) is 8.89. The van der Waals surface area contributed by atoms with Crippen LogP contribution < -0.4 is 0 Å². The lowest BCUT2D eigenvalue weighted by molar-refractivity contribution is 1.62. The zero-order valence-corrected chi connectivity index (χ0v) is 13.1. The second-order valence-corrected chi connectivity index (χ2v) is 8.96. The van der Waals surface area contributed by atoms with Gasteiger partial charge in [-0.15, -0.1) is 0 Å². The fourth-order valence-corrected chi connectivity index (χ4v) is 4.57. The Morgan fingerprint density at radius 2 is 1.00 bits per heavy atom. The lowest BCUT2D eigenvalue weighted by Crippen LogP contribution is -1.73. The SMILES string of the molecule is S=PSP=S.c1ccc(-c2ccccc2)cc1. The fraction of sp³-hybridized carbons (Fsp3) is 0. The summed E-state index contributed by atoms with van der Waals surface area (Å²) >= 11 is 10.6. The second kappa shape index (κ2) is 9.82. The first-order valence-electron chi connectivity index (χ1n) is 4.80. The average molecular weight is 312 g/mol. The van der Waals surface area contributed by atoms with E-state index in [0.717, 1.165) is 13.1 Å². The van der Waals surface area contributed by atoms with Gasteiger partial charge in [-0.2, -0.15) is 0 Å². The lowest BCUT2D eigenvalue weighted by Gasteiger charge is -1.98. The average Bonchev–Trinajstić information content (AvgIpc) is 2.42. The fourth-order valence-electron chi connectivity index (χ4n) is 1.27. The summed E-state index contributed by atoms with van der Waals surface area (Å²) in [5, 5.41) is 0. The van der Waals surface area contributed by atoms with Crippen molar-refractivity contribution >= 4 is 47.7 Å². The maximum atomic E-state index is 4.51. The van der Waals surface area contributed by atoms with Gasteiger partial charge in [0.1, 0.15) is 0 Å². The van der Waals surface area contributed by atoms with E-state index in [1.807, 2.05) is 12.1 Å². The zero-order chi connectivity index (χ0) is 12.3. The van der Waals surface area contributed by atoms with E-state index < -0.39 is 0 Å². The summed E-state index contributed by atoms with van der Waals surface area (Å²) in [6, 6.07) is 20.8. The third-order valence-electron chi connectivity index (χ3n) is 1.95. The van der Waals surface area contributed by atoms with Crippen molar-refractivity contribution in [3.63, 3.8) is 0 Å². The quantitative estimate of drug-likeness (QED) is 0.665. The Morgan fingerprint density at radius 1 is 0.647 bits per heavy atom. The highest BCUT2D eigenvalue weighted by molar-refractivity contribution is 8.85. The van der Waals surface area contributed by atoms with E-state index >= 15 is 0 Å². The van der Waals surface area contributed by atoms with Gasteiger partial charge in [0, 0.05) is 0 Å². The molecule has 2 aromatic rings. The van der Waals surface area contributed by atoms with Crippen LogP contribution in [0.15, 0.2) is 60.7 Å². The highest BCUT2D eigenvalue weighted by Gasteiger charge is 1.91. The number of rotatable bonds is 3. The van der Waals surface area contributed by atoms with Crippen LogP contribution in [-0.2, 0) is 23.6 Å². The Balaban J connectivity index is 0.000000249. The summed E-state index contributed by atoms with van der Waals surface area (Å²) in [7, 11) is 0. The van der Waals surface area contributed by atoms with Crippen LogP contribution >= 0.6 is 24.1 Å². The van der Waals surface area contributed by atoms with Crippen LogP contribution in [0, 0.1) is 0 Å². The Hall–Kier alpha value is -0.170. The van der Waals surface area contributed by atoms with E-state index in [4.69, 9.17) is 0 Å². The van der Waals surface area contributed by atoms with Crippen LogP contribution in [0.2, 0.25) is 0 Å². The van der Waals surface area contributed by atoms with Crippen molar-refractivity contribution in [2.24, 2.45) is 0 Å². The minimum absolute atomic E-state index is 0.913. The smallest absolute Gasteiger partial charge is 0.0533 e. The third kappa shape index (κ3) is 6.35. The molecule has 0 spiro atoms. The predicted octanol–water partition coefficient (Wildman–Crippen LogP) is 5.72. The molecule has 0 N–H and O–H groups in total. The molecule has 0 aliphatic rings. The summed E-state index contributed by atoms with van der Waals surface area (Å²) in [4.78, 5) is 0. The Bertz CT molecular complexity index is 402. The molecular formula is C12H10P2S3. The monoisotopic (exact) mass is 312 g/mol. The first-order chi connectivity index (χ1) is 8.38. The molecule has 0 aliphatic carbocycles. The van der Waals surface area contributed by atoms with E-state index in [-0.39, 0.29) is 0 Å². The summed E-state index contributed by atoms with van der Waals surface area (Å²) in [6.45, 7) is 1.83. The molecule has 0 unspecified atom stereocenters. The van der Waals surface area contributed by atoms with Gasteiger partial charge in [0.15, 0.2) is 0 Å². The summed E-state index contributed by atoms with van der Waals surface area (Å²) in [5.74, 6) is 0. The molecule has 0 bridgehead atoms. The van der Waals surface area contributed by atoms with Gasteiger partial charge in [-0.25, -0.2) is 0 Å². The van der Waals surface area contributed by atoms with Crippen molar-refractivity contribution in [2.75, 3.05) is 0 Å². The summed E-state index contributed by atoms with van der Waals surface area (Å²) in [5.41, 5.74) is 2.55. The standard InChI is InChI=1S/C12H10.P2S3/c1-3-7-11(8-4-1)12-9-5-2-6-10-12;3-1-5-2-4/h1-10H;. The lowest BCUT2D eigenvalue weighted by atomic mass is 10.1. The molecule has 2 rings (SSSR count). The minimum atomic E-state index is 0.913. The van der Waals surface area contributed by atoms with Crippen molar-refractivity contribution in [3.05, 3.63) is 60.7 Å². The van der Waals surface area contributed by atoms with Gasteiger partial charge in [-0.1, -0.05) is 60.7 Å². The topological polar surface area (TPSA) is 0 Å². The van der Waals surface area contributed by atoms with Gasteiger partial charge in [0.25, 0.3) is 0 Å². The van der Waals surface area contributed by atoms with E-state index in [1.54, 1.807) is 0 Å². The molecule has 0 atom stereocenters. The van der Waals surface area contributed by atoms with E-state index in [2.05, 4.69) is 72.1 Å². The molecule has 0 aromatic heterocycles. The molecule has 86 valence electrons. The Labute approximate surface area is 119 Å². The highest BCUT2D eigenvalue weighted by atomic mass is 33.2.